The van der Waals surface area contributed by atoms with Crippen molar-refractivity contribution in [2.75, 3.05) is 32.6 Å². The van der Waals surface area contributed by atoms with Crippen LogP contribution in [0.5, 0.6) is 23.0 Å². The Kier molecular flexibility index (Phi) is 11.7. The van der Waals surface area contributed by atoms with Gasteiger partial charge in [-0.2, -0.15) is 26.3 Å². The van der Waals surface area contributed by atoms with E-state index in [4.69, 9.17) is 26.4 Å². The van der Waals surface area contributed by atoms with Gasteiger partial charge in [0.15, 0.2) is 16.6 Å². The van der Waals surface area contributed by atoms with E-state index in [9.17, 15) is 34.8 Å². The highest BCUT2D eigenvalue weighted by Crippen LogP contribution is 2.42. The van der Waals surface area contributed by atoms with Crippen LogP contribution in [0.25, 0.3) is 11.1 Å². The number of methoxy groups -OCH3 is 2. The second-order valence-electron chi connectivity index (χ2n) is 10.7. The van der Waals surface area contributed by atoms with Gasteiger partial charge in [0.05, 0.1) is 25.3 Å². The lowest BCUT2D eigenvalue weighted by molar-refractivity contribution is -0.143. The Balaban J connectivity index is 1.49. The Morgan fingerprint density at radius 2 is 1.45 bits per heavy atom. The van der Waals surface area contributed by atoms with Crippen molar-refractivity contribution in [2.24, 2.45) is 0 Å². The van der Waals surface area contributed by atoms with Crippen LogP contribution in [0.3, 0.4) is 0 Å². The molecule has 3 aromatic carbocycles. The largest absolute Gasteiger partial charge is 0.493 e. The Morgan fingerprint density at radius 1 is 0.816 bits per heavy atom. The summed E-state index contributed by atoms with van der Waals surface area (Å²) in [4.78, 5) is 0. The van der Waals surface area contributed by atoms with E-state index >= 15 is 0 Å². The SMILES string of the molecule is COc1ccc(Oc2ccc(C(C)C)cc2-c2ccsc2S(=O)(=O)NCCNC(=S)Nc2cc(C(F)(F)F)cc(C(F)(F)F)c2)cc1OC. The zero-order valence-electron chi connectivity index (χ0n) is 26.4. The Labute approximate surface area is 288 Å². The van der Waals surface area contributed by atoms with E-state index in [1.54, 1.807) is 35.7 Å². The van der Waals surface area contributed by atoms with Gasteiger partial charge in [0, 0.05) is 36.0 Å². The number of sulfonamides is 1. The molecule has 49 heavy (non-hydrogen) atoms. The Bertz CT molecular complexity index is 1880. The number of halogens is 6. The summed E-state index contributed by atoms with van der Waals surface area (Å²) in [5.41, 5.74) is -1.73. The number of anilines is 1. The van der Waals surface area contributed by atoms with E-state index in [0.717, 1.165) is 16.9 Å². The van der Waals surface area contributed by atoms with Gasteiger partial charge in [-0.25, -0.2) is 13.1 Å². The number of thiocarbonyl (C=S) groups is 1. The van der Waals surface area contributed by atoms with Crippen molar-refractivity contribution in [1.29, 1.82) is 0 Å². The normalized spacial score (nSPS) is 12.1. The maximum absolute atomic E-state index is 13.5. The first-order valence-corrected chi connectivity index (χ1v) is 17.2. The van der Waals surface area contributed by atoms with Crippen molar-refractivity contribution in [3.63, 3.8) is 0 Å². The minimum absolute atomic E-state index is 0.000334. The molecular formula is C32H31F6N3O5S3. The third-order valence-electron chi connectivity index (χ3n) is 6.97. The number of ether oxygens (including phenoxy) is 3. The van der Waals surface area contributed by atoms with Gasteiger partial charge in [-0.3, -0.25) is 0 Å². The third kappa shape index (κ3) is 9.55. The monoisotopic (exact) mass is 747 g/mol. The predicted molar refractivity (Wildman–Crippen MR) is 179 cm³/mol. The summed E-state index contributed by atoms with van der Waals surface area (Å²) in [5.74, 6) is 1.86. The predicted octanol–water partition coefficient (Wildman–Crippen LogP) is 8.65. The fraction of sp³-hybridized carbons (Fsp3) is 0.281. The van der Waals surface area contributed by atoms with Crippen LogP contribution in [0, 0.1) is 0 Å². The molecule has 0 aliphatic heterocycles. The standard InChI is InChI=1S/C32H31F6N3O5S3/c1-18(2)19-5-7-26(46-23-6-8-27(44-3)28(17-23)45-4)25(13-19)24-9-12-48-29(24)49(42,43)40-11-10-39-30(47)41-22-15-20(31(33,34)35)14-21(16-22)32(36,37)38/h5-9,12-18,40H,10-11H2,1-4H3,(H2,39,41,47). The van der Waals surface area contributed by atoms with Crippen LogP contribution in [-0.2, 0) is 22.4 Å². The number of thiophene rings is 1. The molecule has 0 amide bonds. The third-order valence-corrected chi connectivity index (χ3v) is 10.2. The molecular weight excluding hydrogens is 717 g/mol. The second-order valence-corrected chi connectivity index (χ2v) is 14.0. The number of nitrogens with one attached hydrogen (secondary N) is 3. The molecule has 0 aliphatic carbocycles. The molecule has 1 aromatic heterocycles. The summed E-state index contributed by atoms with van der Waals surface area (Å²) in [6, 6.07) is 13.1. The van der Waals surface area contributed by atoms with E-state index in [1.807, 2.05) is 26.0 Å². The van der Waals surface area contributed by atoms with Gasteiger partial charge in [0.2, 0.25) is 0 Å². The Morgan fingerprint density at radius 3 is 2.04 bits per heavy atom. The average Bonchev–Trinajstić information content (AvgIpc) is 3.53. The van der Waals surface area contributed by atoms with Crippen LogP contribution in [0.15, 0.2) is 70.3 Å². The van der Waals surface area contributed by atoms with Crippen molar-refractivity contribution in [2.45, 2.75) is 36.3 Å². The summed E-state index contributed by atoms with van der Waals surface area (Å²) in [7, 11) is -1.12. The molecule has 4 rings (SSSR count). The average molecular weight is 748 g/mol. The number of alkyl halides is 6. The number of rotatable bonds is 12. The van der Waals surface area contributed by atoms with E-state index < -0.39 is 39.2 Å². The molecule has 4 aromatic rings. The van der Waals surface area contributed by atoms with Crippen molar-refractivity contribution in [3.05, 3.63) is 82.7 Å². The van der Waals surface area contributed by atoms with E-state index in [1.165, 1.54) is 14.2 Å². The molecule has 0 bridgehead atoms. The lowest BCUT2D eigenvalue weighted by atomic mass is 9.98. The number of benzene rings is 3. The maximum Gasteiger partial charge on any atom is 0.416 e. The van der Waals surface area contributed by atoms with E-state index in [2.05, 4.69) is 15.4 Å². The molecule has 3 N–H and O–H groups in total. The quantitative estimate of drug-likeness (QED) is 0.0753. The summed E-state index contributed by atoms with van der Waals surface area (Å²) < 4.78 is 125. The molecule has 0 atom stereocenters. The first kappa shape index (κ1) is 37.8. The minimum atomic E-state index is -5.03. The second kappa shape index (κ2) is 15.2. The van der Waals surface area contributed by atoms with Crippen molar-refractivity contribution in [3.8, 4) is 34.1 Å². The fourth-order valence-corrected chi connectivity index (χ4v) is 7.22. The van der Waals surface area contributed by atoms with Crippen LogP contribution in [0.1, 0.15) is 36.5 Å². The lowest BCUT2D eigenvalue weighted by Gasteiger charge is -2.17. The van der Waals surface area contributed by atoms with Crippen molar-refractivity contribution < 1.29 is 49.0 Å². The minimum Gasteiger partial charge on any atom is -0.493 e. The maximum atomic E-state index is 13.5. The first-order chi connectivity index (χ1) is 22.9. The molecule has 0 saturated carbocycles. The van der Waals surface area contributed by atoms with Gasteiger partial charge in [-0.05, 0) is 77.6 Å². The molecule has 0 aliphatic rings. The zero-order valence-corrected chi connectivity index (χ0v) is 28.8. The number of hydrogen-bond acceptors (Lipinski definition) is 7. The molecule has 0 fully saturated rings. The van der Waals surface area contributed by atoms with Crippen LogP contribution in [0.2, 0.25) is 0 Å². The first-order valence-electron chi connectivity index (χ1n) is 14.4. The topological polar surface area (TPSA) is 97.9 Å². The molecule has 0 unspecified atom stereocenters. The van der Waals surface area contributed by atoms with Gasteiger partial charge in [0.1, 0.15) is 15.7 Å². The highest BCUT2D eigenvalue weighted by atomic mass is 32.2. The van der Waals surface area contributed by atoms with Gasteiger partial charge in [-0.15, -0.1) is 11.3 Å². The van der Waals surface area contributed by atoms with E-state index in [0.29, 0.717) is 46.3 Å². The van der Waals surface area contributed by atoms with Crippen LogP contribution < -0.4 is 29.6 Å². The molecule has 8 nitrogen and oxygen atoms in total. The summed E-state index contributed by atoms with van der Waals surface area (Å²) in [5, 5.41) is 6.18. The highest BCUT2D eigenvalue weighted by Gasteiger charge is 2.37. The molecule has 0 spiro atoms. The summed E-state index contributed by atoms with van der Waals surface area (Å²) >= 11 is 6.00. The van der Waals surface area contributed by atoms with Gasteiger partial charge in [0.25, 0.3) is 10.0 Å². The van der Waals surface area contributed by atoms with E-state index in [-0.39, 0.29) is 34.4 Å². The lowest BCUT2D eigenvalue weighted by Crippen LogP contribution is -2.36. The molecule has 0 saturated heterocycles. The van der Waals surface area contributed by atoms with Crippen LogP contribution in [0.4, 0.5) is 32.0 Å². The molecule has 264 valence electrons. The number of hydrogen-bond donors (Lipinski definition) is 3. The smallest absolute Gasteiger partial charge is 0.416 e. The van der Waals surface area contributed by atoms with Gasteiger partial charge < -0.3 is 24.8 Å². The van der Waals surface area contributed by atoms with Crippen LogP contribution in [-0.4, -0.2) is 40.8 Å². The van der Waals surface area contributed by atoms with Crippen LogP contribution >= 0.6 is 23.6 Å². The fourth-order valence-electron chi connectivity index (χ4n) is 4.55. The zero-order chi connectivity index (χ0) is 36.1. The molecule has 17 heteroatoms. The molecule has 1 heterocycles. The highest BCUT2D eigenvalue weighted by molar-refractivity contribution is 7.91. The van der Waals surface area contributed by atoms with Crippen molar-refractivity contribution in [1.82, 2.24) is 10.0 Å². The Hall–Kier alpha value is -4.06. The van der Waals surface area contributed by atoms with Gasteiger partial charge in [-0.1, -0.05) is 19.9 Å². The molecule has 0 radical (unpaired) electrons. The van der Waals surface area contributed by atoms with Crippen molar-refractivity contribution >= 4 is 44.4 Å². The summed E-state index contributed by atoms with van der Waals surface area (Å²) in [6.45, 7) is 3.62. The van der Waals surface area contributed by atoms with Gasteiger partial charge >= 0.3 is 12.4 Å². The summed E-state index contributed by atoms with van der Waals surface area (Å²) in [6.07, 6.45) is -10.1.